The summed E-state index contributed by atoms with van der Waals surface area (Å²) in [6.07, 6.45) is 0. The summed E-state index contributed by atoms with van der Waals surface area (Å²) in [6.45, 7) is 10.6. The molecule has 0 atom stereocenters. The number of rotatable bonds is 6. The van der Waals surface area contributed by atoms with Crippen LogP contribution in [0.2, 0.25) is 0 Å². The second-order valence-electron chi connectivity index (χ2n) is 4.01. The van der Waals surface area contributed by atoms with Gasteiger partial charge in [0, 0.05) is 11.8 Å². The lowest BCUT2D eigenvalue weighted by Gasteiger charge is -2.35. The van der Waals surface area contributed by atoms with Gasteiger partial charge in [0.05, 0.1) is 6.61 Å². The van der Waals surface area contributed by atoms with Crippen LogP contribution in [-0.2, 0) is 19.1 Å². The Morgan fingerprint density at radius 2 is 1.73 bits per heavy atom. The molecule has 0 fully saturated rings. The minimum atomic E-state index is -1.22. The quantitative estimate of drug-likeness (QED) is 0.633. The molecule has 0 rings (SSSR count). The molecule has 0 amide bonds. The van der Waals surface area contributed by atoms with Gasteiger partial charge < -0.3 is 9.47 Å². The maximum atomic E-state index is 11.8. The molecule has 0 saturated carbocycles. The highest BCUT2D eigenvalue weighted by atomic mass is 16.6. The number of hydrogen-bond donors (Lipinski definition) is 0. The molecule has 0 saturated heterocycles. The number of esters is 1. The predicted octanol–water partition coefficient (Wildman–Crippen LogP) is 1.68. The van der Waals surface area contributed by atoms with Crippen molar-refractivity contribution < 1.29 is 19.1 Å². The average Bonchev–Trinajstić information content (AvgIpc) is 2.13. The first kappa shape index (κ1) is 13.9. The Morgan fingerprint density at radius 1 is 1.27 bits per heavy atom. The van der Waals surface area contributed by atoms with Gasteiger partial charge >= 0.3 is 12.4 Å². The zero-order valence-corrected chi connectivity index (χ0v) is 9.99. The number of hydrogen-bond acceptors (Lipinski definition) is 4. The van der Waals surface area contributed by atoms with Crippen molar-refractivity contribution in [3.63, 3.8) is 0 Å². The summed E-state index contributed by atoms with van der Waals surface area (Å²) in [4.78, 5) is 22.2. The lowest BCUT2D eigenvalue weighted by molar-refractivity contribution is -0.173. The Balaban J connectivity index is 5.11. The molecule has 0 aromatic carbocycles. The molecule has 1 radical (unpaired) electrons. The first-order valence-electron chi connectivity index (χ1n) is 5.15. The Morgan fingerprint density at radius 3 is 2.00 bits per heavy atom. The molecule has 0 aliphatic carbocycles. The third kappa shape index (κ3) is 2.70. The molecule has 87 valence electrons. The zero-order valence-electron chi connectivity index (χ0n) is 9.99. The van der Waals surface area contributed by atoms with Gasteiger partial charge in [-0.2, -0.15) is 0 Å². The highest BCUT2D eigenvalue weighted by molar-refractivity contribution is 5.81. The molecule has 0 aliphatic rings. The molecular weight excluding hydrogens is 196 g/mol. The van der Waals surface area contributed by atoms with E-state index in [-0.39, 0.29) is 18.4 Å². The van der Waals surface area contributed by atoms with Gasteiger partial charge in [0.25, 0.3) is 0 Å². The van der Waals surface area contributed by atoms with E-state index in [4.69, 9.17) is 9.47 Å². The average molecular weight is 215 g/mol. The normalized spacial score (nSPS) is 11.7. The molecule has 4 nitrogen and oxygen atoms in total. The van der Waals surface area contributed by atoms with E-state index in [1.165, 1.54) is 6.47 Å². The van der Waals surface area contributed by atoms with Gasteiger partial charge in [-0.15, -0.1) is 0 Å². The summed E-state index contributed by atoms with van der Waals surface area (Å²) in [5, 5.41) is 0. The molecular formula is C11H19O4. The van der Waals surface area contributed by atoms with Crippen molar-refractivity contribution in [3.05, 3.63) is 0 Å². The molecule has 0 aromatic heterocycles. The molecule has 4 heteroatoms. The second-order valence-corrected chi connectivity index (χ2v) is 4.01. The fourth-order valence-corrected chi connectivity index (χ4v) is 1.73. The summed E-state index contributed by atoms with van der Waals surface area (Å²) >= 11 is 0. The molecule has 0 N–H and O–H groups in total. The van der Waals surface area contributed by atoms with Crippen molar-refractivity contribution in [1.82, 2.24) is 0 Å². The minimum Gasteiger partial charge on any atom is -0.463 e. The number of ether oxygens (including phenoxy) is 2. The van der Waals surface area contributed by atoms with Gasteiger partial charge in [0.2, 0.25) is 5.60 Å². The highest BCUT2D eigenvalue weighted by Crippen LogP contribution is 2.31. The van der Waals surface area contributed by atoms with Crippen LogP contribution in [0.3, 0.4) is 0 Å². The van der Waals surface area contributed by atoms with Crippen molar-refractivity contribution in [2.24, 2.45) is 11.8 Å². The van der Waals surface area contributed by atoms with Crippen LogP contribution < -0.4 is 0 Å². The van der Waals surface area contributed by atoms with Gasteiger partial charge in [-0.05, 0) is 6.92 Å². The maximum absolute atomic E-state index is 11.8. The minimum absolute atomic E-state index is 0.155. The van der Waals surface area contributed by atoms with Gasteiger partial charge in [-0.1, -0.05) is 27.7 Å². The Labute approximate surface area is 90.9 Å². The Kier molecular flexibility index (Phi) is 5.33. The molecule has 15 heavy (non-hydrogen) atoms. The lowest BCUT2D eigenvalue weighted by Crippen LogP contribution is -2.51. The van der Waals surface area contributed by atoms with Crippen LogP contribution in [0.1, 0.15) is 34.6 Å². The van der Waals surface area contributed by atoms with E-state index in [1.54, 1.807) is 6.92 Å². The summed E-state index contributed by atoms with van der Waals surface area (Å²) < 4.78 is 9.83. The largest absolute Gasteiger partial charge is 0.463 e. The fourth-order valence-electron chi connectivity index (χ4n) is 1.73. The van der Waals surface area contributed by atoms with Gasteiger partial charge in [0.1, 0.15) is 0 Å². The lowest BCUT2D eigenvalue weighted by atomic mass is 9.80. The molecule has 0 aliphatic heterocycles. The van der Waals surface area contributed by atoms with Crippen molar-refractivity contribution >= 4 is 12.4 Å². The van der Waals surface area contributed by atoms with Crippen LogP contribution in [0, 0.1) is 11.8 Å². The van der Waals surface area contributed by atoms with Gasteiger partial charge in [-0.3, -0.25) is 0 Å². The molecule has 0 heterocycles. The standard InChI is InChI=1S/C11H19O4/c1-6-14-10(13)11(8(2)3,9(4)5)15-7-12/h8-9H,6H2,1-5H3. The van der Waals surface area contributed by atoms with Crippen LogP contribution in [0.5, 0.6) is 0 Å². The van der Waals surface area contributed by atoms with Crippen molar-refractivity contribution in [2.75, 3.05) is 6.61 Å². The van der Waals surface area contributed by atoms with Gasteiger partial charge in [-0.25, -0.2) is 9.59 Å². The second kappa shape index (κ2) is 5.73. The smallest absolute Gasteiger partial charge is 0.418 e. The number of carbonyl (C=O) groups excluding carboxylic acids is 2. The van der Waals surface area contributed by atoms with E-state index in [2.05, 4.69) is 0 Å². The van der Waals surface area contributed by atoms with Crippen LogP contribution in [0.15, 0.2) is 0 Å². The number of carbonyl (C=O) groups is 1. The molecule has 0 bridgehead atoms. The van der Waals surface area contributed by atoms with Crippen LogP contribution >= 0.6 is 0 Å². The summed E-state index contributed by atoms with van der Waals surface area (Å²) in [5.74, 6) is -0.811. The first-order valence-corrected chi connectivity index (χ1v) is 5.15. The van der Waals surface area contributed by atoms with Crippen LogP contribution in [-0.4, -0.2) is 24.6 Å². The van der Waals surface area contributed by atoms with E-state index >= 15 is 0 Å². The van der Waals surface area contributed by atoms with E-state index in [0.717, 1.165) is 0 Å². The third-order valence-corrected chi connectivity index (χ3v) is 2.52. The predicted molar refractivity (Wildman–Crippen MR) is 55.8 cm³/mol. The van der Waals surface area contributed by atoms with Crippen molar-refractivity contribution in [3.8, 4) is 0 Å². The summed E-state index contributed by atoms with van der Waals surface area (Å²) in [7, 11) is 0. The fraction of sp³-hybridized carbons (Fsp3) is 0.818. The van der Waals surface area contributed by atoms with E-state index < -0.39 is 11.6 Å². The monoisotopic (exact) mass is 215 g/mol. The Bertz CT molecular complexity index is 213. The first-order chi connectivity index (χ1) is 6.93. The van der Waals surface area contributed by atoms with Crippen LogP contribution in [0.25, 0.3) is 0 Å². The van der Waals surface area contributed by atoms with E-state index in [0.29, 0.717) is 0 Å². The van der Waals surface area contributed by atoms with E-state index in [9.17, 15) is 9.59 Å². The Hall–Kier alpha value is -1.06. The van der Waals surface area contributed by atoms with Crippen molar-refractivity contribution in [1.29, 1.82) is 0 Å². The van der Waals surface area contributed by atoms with E-state index in [1.807, 2.05) is 27.7 Å². The topological polar surface area (TPSA) is 52.6 Å². The molecule has 0 aromatic rings. The highest BCUT2D eigenvalue weighted by Gasteiger charge is 2.48. The van der Waals surface area contributed by atoms with Gasteiger partial charge in [0.15, 0.2) is 0 Å². The van der Waals surface area contributed by atoms with Crippen molar-refractivity contribution in [2.45, 2.75) is 40.2 Å². The SMILES string of the molecule is CCOC(=O)C(O[C]=O)(C(C)C)C(C)C. The summed E-state index contributed by atoms with van der Waals surface area (Å²) in [6, 6.07) is 0. The van der Waals surface area contributed by atoms with Crippen LogP contribution in [0.4, 0.5) is 0 Å². The molecule has 0 unspecified atom stereocenters. The third-order valence-electron chi connectivity index (χ3n) is 2.52. The maximum Gasteiger partial charge on any atom is 0.418 e. The zero-order chi connectivity index (χ0) is 12.1. The summed E-state index contributed by atoms with van der Waals surface area (Å²) in [5.41, 5.74) is -1.22. The molecule has 0 spiro atoms.